The number of primary amides is 1. The summed E-state index contributed by atoms with van der Waals surface area (Å²) < 4.78 is 0. The van der Waals surface area contributed by atoms with E-state index in [9.17, 15) is 4.79 Å². The van der Waals surface area contributed by atoms with Crippen LogP contribution in [0.5, 0.6) is 0 Å². The molecule has 0 spiro atoms. The molecule has 0 aromatic carbocycles. The highest BCUT2D eigenvalue weighted by atomic mass is 32.1. The molecule has 5 heteroatoms. The molecule has 1 amide bonds. The number of hydrogen-bond acceptors (Lipinski definition) is 4. The Hall–Kier alpha value is -0.910. The molecule has 0 saturated carbocycles. The molecule has 0 aliphatic carbocycles. The number of nitrogens with one attached hydrogen (secondary N) is 1. The molecule has 1 saturated heterocycles. The molecular weight excluding hydrogens is 210 g/mol. The molecule has 3 N–H and O–H groups in total. The van der Waals surface area contributed by atoms with Crippen molar-refractivity contribution in [3.05, 3.63) is 21.9 Å². The maximum absolute atomic E-state index is 10.9. The van der Waals surface area contributed by atoms with Gasteiger partial charge in [0.1, 0.15) is 0 Å². The van der Waals surface area contributed by atoms with Crippen molar-refractivity contribution in [2.45, 2.75) is 6.54 Å². The maximum Gasteiger partial charge on any atom is 0.249 e. The third-order valence-electron chi connectivity index (χ3n) is 2.53. The van der Waals surface area contributed by atoms with Crippen molar-refractivity contribution in [2.24, 2.45) is 5.73 Å². The van der Waals surface area contributed by atoms with Crippen LogP contribution in [-0.2, 0) is 6.54 Å². The average molecular weight is 225 g/mol. The molecule has 2 rings (SSSR count). The average Bonchev–Trinajstić information content (AvgIpc) is 2.68. The highest BCUT2D eigenvalue weighted by Gasteiger charge is 2.12. The molecule has 4 nitrogen and oxygen atoms in total. The third-order valence-corrected chi connectivity index (χ3v) is 3.45. The second kappa shape index (κ2) is 4.74. The van der Waals surface area contributed by atoms with Crippen molar-refractivity contribution in [3.8, 4) is 0 Å². The van der Waals surface area contributed by atoms with Crippen LogP contribution in [0.3, 0.4) is 0 Å². The normalized spacial score (nSPS) is 17.9. The van der Waals surface area contributed by atoms with Crippen molar-refractivity contribution in [1.29, 1.82) is 0 Å². The van der Waals surface area contributed by atoms with Crippen LogP contribution in [0.1, 0.15) is 15.2 Å². The Labute approximate surface area is 93.1 Å². The summed E-state index contributed by atoms with van der Waals surface area (Å²) in [4.78, 5) is 14.5. The van der Waals surface area contributed by atoms with Crippen LogP contribution in [0.25, 0.3) is 0 Å². The van der Waals surface area contributed by atoms with E-state index in [4.69, 9.17) is 5.73 Å². The SMILES string of the molecule is NC(=O)c1csc(CN2CCNCC2)c1. The molecule has 0 bridgehead atoms. The van der Waals surface area contributed by atoms with Gasteiger partial charge in [0.05, 0.1) is 5.56 Å². The monoisotopic (exact) mass is 225 g/mol. The minimum atomic E-state index is -0.335. The minimum Gasteiger partial charge on any atom is -0.366 e. The predicted octanol–water partition coefficient (Wildman–Crippen LogP) is 0.252. The standard InChI is InChI=1S/C10H15N3OS/c11-10(14)8-5-9(15-7-8)6-13-3-1-12-2-4-13/h5,7,12H,1-4,6H2,(H2,11,14). The number of carbonyl (C=O) groups excluding carboxylic acids is 1. The van der Waals surface area contributed by atoms with Crippen molar-refractivity contribution >= 4 is 17.2 Å². The van der Waals surface area contributed by atoms with Gasteiger partial charge >= 0.3 is 0 Å². The molecule has 1 fully saturated rings. The van der Waals surface area contributed by atoms with Gasteiger partial charge in [-0.15, -0.1) is 11.3 Å². The Balaban J connectivity index is 1.94. The van der Waals surface area contributed by atoms with Crippen molar-refractivity contribution < 1.29 is 4.79 Å². The first-order valence-corrected chi connectivity index (χ1v) is 5.94. The number of carbonyl (C=O) groups is 1. The molecule has 1 aromatic rings. The lowest BCUT2D eigenvalue weighted by Crippen LogP contribution is -2.42. The number of rotatable bonds is 3. The molecule has 1 aliphatic rings. The van der Waals surface area contributed by atoms with Gasteiger partial charge in [-0.25, -0.2) is 0 Å². The third kappa shape index (κ3) is 2.77. The fraction of sp³-hybridized carbons (Fsp3) is 0.500. The van der Waals surface area contributed by atoms with Gasteiger partial charge in [0.15, 0.2) is 0 Å². The van der Waals surface area contributed by atoms with Crippen LogP contribution in [0, 0.1) is 0 Å². The number of hydrogen-bond donors (Lipinski definition) is 2. The lowest BCUT2D eigenvalue weighted by atomic mass is 10.3. The summed E-state index contributed by atoms with van der Waals surface area (Å²) in [5.41, 5.74) is 5.83. The summed E-state index contributed by atoms with van der Waals surface area (Å²) in [6.07, 6.45) is 0. The zero-order valence-electron chi connectivity index (χ0n) is 8.53. The summed E-state index contributed by atoms with van der Waals surface area (Å²) in [6, 6.07) is 1.90. The van der Waals surface area contributed by atoms with E-state index in [1.54, 1.807) is 11.3 Å². The van der Waals surface area contributed by atoms with Crippen LogP contribution >= 0.6 is 11.3 Å². The van der Waals surface area contributed by atoms with Crippen molar-refractivity contribution in [2.75, 3.05) is 26.2 Å². The summed E-state index contributed by atoms with van der Waals surface area (Å²) in [7, 11) is 0. The second-order valence-corrected chi connectivity index (χ2v) is 4.69. The Morgan fingerprint density at radius 3 is 2.87 bits per heavy atom. The van der Waals surface area contributed by atoms with Gasteiger partial charge in [0.2, 0.25) is 5.91 Å². The number of piperazine rings is 1. The number of nitrogens with two attached hydrogens (primary N) is 1. The van der Waals surface area contributed by atoms with Gasteiger partial charge in [0.25, 0.3) is 0 Å². The second-order valence-electron chi connectivity index (χ2n) is 3.69. The van der Waals surface area contributed by atoms with Crippen LogP contribution in [0.2, 0.25) is 0 Å². The smallest absolute Gasteiger partial charge is 0.249 e. The molecule has 2 heterocycles. The largest absolute Gasteiger partial charge is 0.366 e. The summed E-state index contributed by atoms with van der Waals surface area (Å²) >= 11 is 1.61. The molecule has 0 unspecified atom stereocenters. The number of nitrogens with zero attached hydrogens (tertiary/aromatic N) is 1. The van der Waals surface area contributed by atoms with Gasteiger partial charge < -0.3 is 11.1 Å². The van der Waals surface area contributed by atoms with Crippen LogP contribution in [0.15, 0.2) is 11.4 Å². The lowest BCUT2D eigenvalue weighted by Gasteiger charge is -2.26. The lowest BCUT2D eigenvalue weighted by molar-refractivity contribution is 0.100. The predicted molar refractivity (Wildman–Crippen MR) is 61.0 cm³/mol. The van der Waals surface area contributed by atoms with E-state index in [0.29, 0.717) is 5.56 Å². The summed E-state index contributed by atoms with van der Waals surface area (Å²) in [6.45, 7) is 5.18. The molecule has 0 atom stereocenters. The number of amides is 1. The zero-order chi connectivity index (χ0) is 10.7. The van der Waals surface area contributed by atoms with Crippen LogP contribution in [-0.4, -0.2) is 37.0 Å². The van der Waals surface area contributed by atoms with Crippen LogP contribution in [0.4, 0.5) is 0 Å². The quantitative estimate of drug-likeness (QED) is 0.775. The Bertz CT molecular complexity index is 344. The van der Waals surface area contributed by atoms with Gasteiger partial charge in [-0.3, -0.25) is 9.69 Å². The van der Waals surface area contributed by atoms with E-state index in [2.05, 4.69) is 10.2 Å². The maximum atomic E-state index is 10.9. The molecular formula is C10H15N3OS. The first kappa shape index (κ1) is 10.6. The van der Waals surface area contributed by atoms with E-state index < -0.39 is 0 Å². The van der Waals surface area contributed by atoms with E-state index in [0.717, 1.165) is 32.7 Å². The van der Waals surface area contributed by atoms with Gasteiger partial charge in [-0.05, 0) is 6.07 Å². The van der Waals surface area contributed by atoms with E-state index in [1.165, 1.54) is 4.88 Å². The molecule has 82 valence electrons. The molecule has 1 aromatic heterocycles. The van der Waals surface area contributed by atoms with E-state index >= 15 is 0 Å². The summed E-state index contributed by atoms with van der Waals surface area (Å²) in [5, 5.41) is 5.14. The number of thiophene rings is 1. The fourth-order valence-corrected chi connectivity index (χ4v) is 2.60. The zero-order valence-corrected chi connectivity index (χ0v) is 9.35. The van der Waals surface area contributed by atoms with Gasteiger partial charge in [-0.2, -0.15) is 0 Å². The Kier molecular flexibility index (Phi) is 3.35. The minimum absolute atomic E-state index is 0.335. The van der Waals surface area contributed by atoms with Crippen molar-refractivity contribution in [3.63, 3.8) is 0 Å². The highest BCUT2D eigenvalue weighted by molar-refractivity contribution is 7.10. The van der Waals surface area contributed by atoms with E-state index in [1.807, 2.05) is 11.4 Å². The molecule has 15 heavy (non-hydrogen) atoms. The van der Waals surface area contributed by atoms with Gasteiger partial charge in [-0.1, -0.05) is 0 Å². The van der Waals surface area contributed by atoms with Crippen molar-refractivity contribution in [1.82, 2.24) is 10.2 Å². The first-order valence-electron chi connectivity index (χ1n) is 5.06. The highest BCUT2D eigenvalue weighted by Crippen LogP contribution is 2.16. The van der Waals surface area contributed by atoms with E-state index in [-0.39, 0.29) is 5.91 Å². The first-order chi connectivity index (χ1) is 7.25. The van der Waals surface area contributed by atoms with Crippen LogP contribution < -0.4 is 11.1 Å². The Morgan fingerprint density at radius 2 is 2.27 bits per heavy atom. The molecule has 1 aliphatic heterocycles. The van der Waals surface area contributed by atoms with Gasteiger partial charge in [0, 0.05) is 43.0 Å². The summed E-state index contributed by atoms with van der Waals surface area (Å²) in [5.74, 6) is -0.335. The topological polar surface area (TPSA) is 58.4 Å². The fourth-order valence-electron chi connectivity index (χ4n) is 1.68. The Morgan fingerprint density at radius 1 is 1.53 bits per heavy atom. The molecule has 0 radical (unpaired) electrons.